The molecule has 0 radical (unpaired) electrons. The van der Waals surface area contributed by atoms with E-state index in [9.17, 15) is 0 Å². The van der Waals surface area contributed by atoms with Gasteiger partial charge >= 0.3 is 0 Å². The quantitative estimate of drug-likeness (QED) is 0.765. The van der Waals surface area contributed by atoms with Crippen molar-refractivity contribution in [1.82, 2.24) is 25.5 Å². The van der Waals surface area contributed by atoms with Crippen molar-refractivity contribution in [1.29, 1.82) is 0 Å². The Labute approximate surface area is 83.9 Å². The first-order chi connectivity index (χ1) is 6.90. The third-order valence-electron chi connectivity index (χ3n) is 2.55. The summed E-state index contributed by atoms with van der Waals surface area (Å²) in [5.74, 6) is 1.38. The van der Waals surface area contributed by atoms with Gasteiger partial charge in [0.1, 0.15) is 0 Å². The standard InChI is InChI=1S/C9H17N5/c1-2-6-14-12-9(11-13-14)8-4-3-5-10-7-8/h8,10H,2-7H2,1H3. The van der Waals surface area contributed by atoms with Crippen LogP contribution in [0.5, 0.6) is 0 Å². The minimum absolute atomic E-state index is 0.467. The summed E-state index contributed by atoms with van der Waals surface area (Å²) in [7, 11) is 0. The van der Waals surface area contributed by atoms with Gasteiger partial charge in [0.05, 0.1) is 6.54 Å². The third-order valence-corrected chi connectivity index (χ3v) is 2.55. The smallest absolute Gasteiger partial charge is 0.179 e. The van der Waals surface area contributed by atoms with Crippen LogP contribution in [-0.4, -0.2) is 33.3 Å². The van der Waals surface area contributed by atoms with Crippen molar-refractivity contribution in [2.75, 3.05) is 13.1 Å². The highest BCUT2D eigenvalue weighted by Crippen LogP contribution is 2.18. The summed E-state index contributed by atoms with van der Waals surface area (Å²) in [5.41, 5.74) is 0. The third kappa shape index (κ3) is 2.09. The van der Waals surface area contributed by atoms with E-state index in [4.69, 9.17) is 0 Å². The summed E-state index contributed by atoms with van der Waals surface area (Å²) in [4.78, 5) is 1.70. The lowest BCUT2D eigenvalue weighted by Crippen LogP contribution is -2.29. The van der Waals surface area contributed by atoms with Crippen molar-refractivity contribution in [2.45, 2.75) is 38.6 Å². The molecule has 0 bridgehead atoms. The second-order valence-corrected chi connectivity index (χ2v) is 3.79. The Hall–Kier alpha value is -0.970. The first kappa shape index (κ1) is 9.58. The topological polar surface area (TPSA) is 55.6 Å². The highest BCUT2D eigenvalue weighted by Gasteiger charge is 2.19. The van der Waals surface area contributed by atoms with Gasteiger partial charge in [0.2, 0.25) is 0 Å². The predicted octanol–water partition coefficient (Wildman–Crippen LogP) is 0.550. The largest absolute Gasteiger partial charge is 0.316 e. The molecule has 2 heterocycles. The number of hydrogen-bond donors (Lipinski definition) is 1. The summed E-state index contributed by atoms with van der Waals surface area (Å²) < 4.78 is 0. The molecular formula is C9H17N5. The molecule has 5 heteroatoms. The van der Waals surface area contributed by atoms with Crippen LogP contribution in [0.1, 0.15) is 37.9 Å². The minimum atomic E-state index is 0.467. The normalized spacial score (nSPS) is 22.5. The molecule has 0 aliphatic carbocycles. The van der Waals surface area contributed by atoms with Gasteiger partial charge in [-0.05, 0) is 31.0 Å². The molecule has 0 spiro atoms. The van der Waals surface area contributed by atoms with Crippen molar-refractivity contribution < 1.29 is 0 Å². The Morgan fingerprint density at radius 1 is 1.57 bits per heavy atom. The van der Waals surface area contributed by atoms with Crippen molar-refractivity contribution >= 4 is 0 Å². The molecule has 1 saturated heterocycles. The molecule has 5 nitrogen and oxygen atoms in total. The average Bonchev–Trinajstić information content (AvgIpc) is 2.68. The summed E-state index contributed by atoms with van der Waals surface area (Å²) in [6.45, 7) is 5.11. The van der Waals surface area contributed by atoms with Crippen LogP contribution in [0.3, 0.4) is 0 Å². The maximum absolute atomic E-state index is 4.38. The molecule has 0 amide bonds. The van der Waals surface area contributed by atoms with E-state index in [2.05, 4.69) is 27.7 Å². The number of hydrogen-bond acceptors (Lipinski definition) is 4. The maximum Gasteiger partial charge on any atom is 0.179 e. The Kier molecular flexibility index (Phi) is 3.08. The number of aromatic nitrogens is 4. The Bertz CT molecular complexity index is 276. The van der Waals surface area contributed by atoms with Crippen LogP contribution in [0.2, 0.25) is 0 Å². The maximum atomic E-state index is 4.38. The fourth-order valence-electron chi connectivity index (χ4n) is 1.79. The zero-order chi connectivity index (χ0) is 9.80. The van der Waals surface area contributed by atoms with Gasteiger partial charge in [0.25, 0.3) is 0 Å². The Morgan fingerprint density at radius 2 is 2.50 bits per heavy atom. The van der Waals surface area contributed by atoms with Crippen molar-refractivity contribution in [3.63, 3.8) is 0 Å². The average molecular weight is 195 g/mol. The van der Waals surface area contributed by atoms with Crippen LogP contribution in [-0.2, 0) is 6.54 Å². The second kappa shape index (κ2) is 4.50. The first-order valence-electron chi connectivity index (χ1n) is 5.38. The van der Waals surface area contributed by atoms with E-state index < -0.39 is 0 Å². The molecule has 14 heavy (non-hydrogen) atoms. The van der Waals surface area contributed by atoms with Crippen LogP contribution in [0.15, 0.2) is 0 Å². The van der Waals surface area contributed by atoms with Crippen LogP contribution in [0.4, 0.5) is 0 Å². The van der Waals surface area contributed by atoms with Crippen LogP contribution in [0.25, 0.3) is 0 Å². The van der Waals surface area contributed by atoms with E-state index in [1.807, 2.05) is 0 Å². The molecule has 1 aromatic heterocycles. The Morgan fingerprint density at radius 3 is 3.21 bits per heavy atom. The zero-order valence-corrected chi connectivity index (χ0v) is 8.61. The fraction of sp³-hybridized carbons (Fsp3) is 0.889. The van der Waals surface area contributed by atoms with E-state index in [1.165, 1.54) is 12.8 Å². The van der Waals surface area contributed by atoms with Gasteiger partial charge in [-0.1, -0.05) is 6.92 Å². The van der Waals surface area contributed by atoms with Crippen molar-refractivity contribution in [3.8, 4) is 0 Å². The van der Waals surface area contributed by atoms with Gasteiger partial charge in [-0.2, -0.15) is 4.80 Å². The van der Waals surface area contributed by atoms with Crippen molar-refractivity contribution in [3.05, 3.63) is 5.82 Å². The molecule has 1 aliphatic rings. The van der Waals surface area contributed by atoms with E-state index in [0.717, 1.165) is 31.9 Å². The van der Waals surface area contributed by atoms with Gasteiger partial charge in [-0.15, -0.1) is 10.2 Å². The molecule has 1 unspecified atom stereocenters. The monoisotopic (exact) mass is 195 g/mol. The first-order valence-corrected chi connectivity index (χ1v) is 5.38. The zero-order valence-electron chi connectivity index (χ0n) is 8.61. The highest BCUT2D eigenvalue weighted by molar-refractivity contribution is 4.94. The van der Waals surface area contributed by atoms with E-state index in [1.54, 1.807) is 4.80 Å². The molecule has 2 rings (SSSR count). The number of rotatable bonds is 3. The summed E-state index contributed by atoms with van der Waals surface area (Å²) in [5, 5.41) is 15.9. The van der Waals surface area contributed by atoms with Gasteiger partial charge in [0, 0.05) is 12.5 Å². The molecule has 1 aliphatic heterocycles. The fourth-order valence-corrected chi connectivity index (χ4v) is 1.79. The molecule has 1 atom stereocenters. The van der Waals surface area contributed by atoms with E-state index in [-0.39, 0.29) is 0 Å². The summed E-state index contributed by atoms with van der Waals surface area (Å²) in [6.07, 6.45) is 3.45. The van der Waals surface area contributed by atoms with Gasteiger partial charge in [-0.25, -0.2) is 0 Å². The van der Waals surface area contributed by atoms with Crippen LogP contribution >= 0.6 is 0 Å². The summed E-state index contributed by atoms with van der Waals surface area (Å²) >= 11 is 0. The SMILES string of the molecule is CCCn1nnc(C2CCCNC2)n1. The Balaban J connectivity index is 2.00. The lowest BCUT2D eigenvalue weighted by molar-refractivity contribution is 0.442. The van der Waals surface area contributed by atoms with E-state index >= 15 is 0 Å². The van der Waals surface area contributed by atoms with Gasteiger partial charge in [0.15, 0.2) is 5.82 Å². The molecule has 1 N–H and O–H groups in total. The number of piperidine rings is 1. The number of aryl methyl sites for hydroxylation is 1. The lowest BCUT2D eigenvalue weighted by Gasteiger charge is -2.19. The van der Waals surface area contributed by atoms with Gasteiger partial charge in [-0.3, -0.25) is 0 Å². The van der Waals surface area contributed by atoms with Crippen LogP contribution < -0.4 is 5.32 Å². The molecule has 78 valence electrons. The number of tetrazole rings is 1. The van der Waals surface area contributed by atoms with Crippen LogP contribution in [0, 0.1) is 0 Å². The molecule has 0 saturated carbocycles. The minimum Gasteiger partial charge on any atom is -0.316 e. The van der Waals surface area contributed by atoms with Crippen molar-refractivity contribution in [2.24, 2.45) is 0 Å². The summed E-state index contributed by atoms with van der Waals surface area (Å²) in [6, 6.07) is 0. The molecule has 1 aromatic rings. The number of nitrogens with one attached hydrogen (secondary N) is 1. The van der Waals surface area contributed by atoms with E-state index in [0.29, 0.717) is 5.92 Å². The second-order valence-electron chi connectivity index (χ2n) is 3.79. The molecule has 1 fully saturated rings. The number of nitrogens with zero attached hydrogens (tertiary/aromatic N) is 4. The van der Waals surface area contributed by atoms with Gasteiger partial charge < -0.3 is 5.32 Å². The molecular weight excluding hydrogens is 178 g/mol. The lowest BCUT2D eigenvalue weighted by atomic mass is 9.99. The molecule has 0 aromatic carbocycles. The predicted molar refractivity (Wildman–Crippen MR) is 53.0 cm³/mol. The highest BCUT2D eigenvalue weighted by atomic mass is 15.6.